The smallest absolute Gasteiger partial charge is 0.160 e. The molecule has 2 unspecified atom stereocenters. The van der Waals surface area contributed by atoms with E-state index in [4.69, 9.17) is 9.47 Å². The third kappa shape index (κ3) is 3.16. The van der Waals surface area contributed by atoms with Gasteiger partial charge in [0.2, 0.25) is 0 Å². The van der Waals surface area contributed by atoms with Gasteiger partial charge >= 0.3 is 0 Å². The SMILES string of the molecule is CNC(C(C)C)C(C)c1ccc(OC)c(OC)c1. The van der Waals surface area contributed by atoms with Gasteiger partial charge in [0.25, 0.3) is 0 Å². The molecule has 0 aliphatic rings. The minimum Gasteiger partial charge on any atom is -0.493 e. The number of likely N-dealkylation sites (N-methyl/N-ethyl adjacent to an activating group) is 1. The fourth-order valence-electron chi connectivity index (χ4n) is 2.50. The van der Waals surface area contributed by atoms with E-state index in [1.165, 1.54) is 5.56 Å². The first-order valence-corrected chi connectivity index (χ1v) is 6.44. The number of ether oxygens (including phenoxy) is 2. The van der Waals surface area contributed by atoms with Gasteiger partial charge in [-0.05, 0) is 36.6 Å². The normalized spacial score (nSPS) is 14.4. The average molecular weight is 251 g/mol. The lowest BCUT2D eigenvalue weighted by Crippen LogP contribution is -2.35. The highest BCUT2D eigenvalue weighted by atomic mass is 16.5. The fourth-order valence-corrected chi connectivity index (χ4v) is 2.50. The zero-order chi connectivity index (χ0) is 13.7. The molecule has 2 atom stereocenters. The Morgan fingerprint density at radius 3 is 2.06 bits per heavy atom. The van der Waals surface area contributed by atoms with Crippen molar-refractivity contribution in [2.75, 3.05) is 21.3 Å². The number of methoxy groups -OCH3 is 2. The largest absolute Gasteiger partial charge is 0.493 e. The average Bonchev–Trinajstić information content (AvgIpc) is 2.38. The van der Waals surface area contributed by atoms with Crippen LogP contribution in [0.5, 0.6) is 11.5 Å². The van der Waals surface area contributed by atoms with E-state index in [2.05, 4.69) is 38.2 Å². The number of benzene rings is 1. The molecule has 0 aromatic heterocycles. The summed E-state index contributed by atoms with van der Waals surface area (Å²) in [6.45, 7) is 6.71. The highest BCUT2D eigenvalue weighted by Crippen LogP contribution is 2.32. The molecule has 0 aliphatic heterocycles. The van der Waals surface area contributed by atoms with Crippen LogP contribution in [-0.4, -0.2) is 27.3 Å². The van der Waals surface area contributed by atoms with Crippen LogP contribution in [0.4, 0.5) is 0 Å². The van der Waals surface area contributed by atoms with Crippen LogP contribution >= 0.6 is 0 Å². The molecule has 0 amide bonds. The van der Waals surface area contributed by atoms with Crippen LogP contribution in [0.25, 0.3) is 0 Å². The van der Waals surface area contributed by atoms with Crippen molar-refractivity contribution in [1.29, 1.82) is 0 Å². The van der Waals surface area contributed by atoms with E-state index in [1.54, 1.807) is 14.2 Å². The fraction of sp³-hybridized carbons (Fsp3) is 0.600. The molecular weight excluding hydrogens is 226 g/mol. The molecule has 0 spiro atoms. The van der Waals surface area contributed by atoms with Crippen molar-refractivity contribution in [3.05, 3.63) is 23.8 Å². The van der Waals surface area contributed by atoms with Gasteiger partial charge in [-0.2, -0.15) is 0 Å². The van der Waals surface area contributed by atoms with Gasteiger partial charge in [-0.25, -0.2) is 0 Å². The minimum atomic E-state index is 0.426. The first kappa shape index (κ1) is 14.8. The summed E-state index contributed by atoms with van der Waals surface area (Å²) in [5, 5.41) is 3.39. The van der Waals surface area contributed by atoms with E-state index >= 15 is 0 Å². The summed E-state index contributed by atoms with van der Waals surface area (Å²) >= 11 is 0. The number of hydrogen-bond acceptors (Lipinski definition) is 3. The molecule has 0 radical (unpaired) electrons. The molecule has 1 N–H and O–H groups in total. The Balaban J connectivity index is 3.02. The lowest BCUT2D eigenvalue weighted by Gasteiger charge is -2.28. The van der Waals surface area contributed by atoms with Crippen LogP contribution in [-0.2, 0) is 0 Å². The van der Waals surface area contributed by atoms with Crippen LogP contribution < -0.4 is 14.8 Å². The lowest BCUT2D eigenvalue weighted by atomic mass is 9.86. The molecular formula is C15H25NO2. The summed E-state index contributed by atoms with van der Waals surface area (Å²) in [6.07, 6.45) is 0. The Morgan fingerprint density at radius 2 is 1.61 bits per heavy atom. The Bertz CT molecular complexity index is 377. The molecule has 0 bridgehead atoms. The highest BCUT2D eigenvalue weighted by Gasteiger charge is 2.21. The van der Waals surface area contributed by atoms with Crippen molar-refractivity contribution in [2.24, 2.45) is 5.92 Å². The second-order valence-corrected chi connectivity index (χ2v) is 4.96. The highest BCUT2D eigenvalue weighted by molar-refractivity contribution is 5.44. The third-order valence-corrected chi connectivity index (χ3v) is 3.52. The van der Waals surface area contributed by atoms with E-state index < -0.39 is 0 Å². The second-order valence-electron chi connectivity index (χ2n) is 4.96. The summed E-state index contributed by atoms with van der Waals surface area (Å²) in [6, 6.07) is 6.59. The first-order chi connectivity index (χ1) is 8.54. The lowest BCUT2D eigenvalue weighted by molar-refractivity contribution is 0.350. The van der Waals surface area contributed by atoms with Gasteiger partial charge in [0, 0.05) is 6.04 Å². The Labute approximate surface area is 110 Å². The van der Waals surface area contributed by atoms with E-state index in [1.807, 2.05) is 13.1 Å². The monoisotopic (exact) mass is 251 g/mol. The predicted octanol–water partition coefficient (Wildman–Crippen LogP) is 3.05. The summed E-state index contributed by atoms with van der Waals surface area (Å²) in [4.78, 5) is 0. The van der Waals surface area contributed by atoms with Gasteiger partial charge in [0.05, 0.1) is 14.2 Å². The van der Waals surface area contributed by atoms with Crippen LogP contribution in [0, 0.1) is 5.92 Å². The maximum absolute atomic E-state index is 5.36. The Hall–Kier alpha value is -1.22. The predicted molar refractivity (Wildman–Crippen MR) is 75.6 cm³/mol. The van der Waals surface area contributed by atoms with E-state index in [-0.39, 0.29) is 0 Å². The van der Waals surface area contributed by atoms with E-state index in [0.29, 0.717) is 17.9 Å². The molecule has 0 saturated heterocycles. The maximum atomic E-state index is 5.36. The summed E-state index contributed by atoms with van der Waals surface area (Å²) in [5.74, 6) is 2.58. The van der Waals surface area contributed by atoms with E-state index in [9.17, 15) is 0 Å². The van der Waals surface area contributed by atoms with Gasteiger partial charge < -0.3 is 14.8 Å². The van der Waals surface area contributed by atoms with Gasteiger partial charge in [0.1, 0.15) is 0 Å². The van der Waals surface area contributed by atoms with Crippen molar-refractivity contribution in [3.63, 3.8) is 0 Å². The molecule has 0 heterocycles. The quantitative estimate of drug-likeness (QED) is 0.843. The molecule has 0 saturated carbocycles. The third-order valence-electron chi connectivity index (χ3n) is 3.52. The van der Waals surface area contributed by atoms with Crippen molar-refractivity contribution in [3.8, 4) is 11.5 Å². The standard InChI is InChI=1S/C15H25NO2/c1-10(2)15(16-4)11(3)12-7-8-13(17-5)14(9-12)18-6/h7-11,15-16H,1-6H3. The molecule has 0 fully saturated rings. The minimum absolute atomic E-state index is 0.426. The Kier molecular flexibility index (Phi) is 5.48. The Morgan fingerprint density at radius 1 is 1.00 bits per heavy atom. The van der Waals surface area contributed by atoms with Crippen molar-refractivity contribution in [1.82, 2.24) is 5.32 Å². The van der Waals surface area contributed by atoms with Crippen LogP contribution in [0.3, 0.4) is 0 Å². The van der Waals surface area contributed by atoms with Gasteiger partial charge in [0.15, 0.2) is 11.5 Å². The van der Waals surface area contributed by atoms with Crippen LogP contribution in [0.15, 0.2) is 18.2 Å². The number of nitrogens with one attached hydrogen (secondary N) is 1. The molecule has 3 nitrogen and oxygen atoms in total. The summed E-state index contributed by atoms with van der Waals surface area (Å²) in [7, 11) is 5.34. The van der Waals surface area contributed by atoms with Crippen molar-refractivity contribution < 1.29 is 9.47 Å². The molecule has 1 aromatic carbocycles. The zero-order valence-electron chi connectivity index (χ0n) is 12.3. The molecule has 1 aromatic rings. The summed E-state index contributed by atoms with van der Waals surface area (Å²) < 4.78 is 10.6. The number of rotatable bonds is 6. The maximum Gasteiger partial charge on any atom is 0.160 e. The van der Waals surface area contributed by atoms with Crippen LogP contribution in [0.1, 0.15) is 32.3 Å². The van der Waals surface area contributed by atoms with Crippen molar-refractivity contribution >= 4 is 0 Å². The summed E-state index contributed by atoms with van der Waals surface area (Å²) in [5.41, 5.74) is 1.26. The van der Waals surface area contributed by atoms with Gasteiger partial charge in [-0.1, -0.05) is 26.8 Å². The van der Waals surface area contributed by atoms with Gasteiger partial charge in [-0.3, -0.25) is 0 Å². The number of hydrogen-bond donors (Lipinski definition) is 1. The molecule has 18 heavy (non-hydrogen) atoms. The molecule has 1 rings (SSSR count). The molecule has 3 heteroatoms. The van der Waals surface area contributed by atoms with Crippen LogP contribution in [0.2, 0.25) is 0 Å². The van der Waals surface area contributed by atoms with Crippen molar-refractivity contribution in [2.45, 2.75) is 32.7 Å². The molecule has 0 aliphatic carbocycles. The zero-order valence-corrected chi connectivity index (χ0v) is 12.3. The topological polar surface area (TPSA) is 30.5 Å². The van der Waals surface area contributed by atoms with Gasteiger partial charge in [-0.15, -0.1) is 0 Å². The first-order valence-electron chi connectivity index (χ1n) is 6.44. The van der Waals surface area contributed by atoms with E-state index in [0.717, 1.165) is 11.5 Å². The second kappa shape index (κ2) is 6.64. The molecule has 102 valence electrons.